The van der Waals surface area contributed by atoms with Crippen molar-refractivity contribution in [2.24, 2.45) is 11.3 Å². The molecule has 4 rings (SSSR count). The average molecular weight is 660 g/mol. The minimum Gasteiger partial charge on any atom is -0.444 e. The van der Waals surface area contributed by atoms with E-state index < -0.39 is 12.0 Å². The van der Waals surface area contributed by atoms with Crippen molar-refractivity contribution in [3.8, 4) is 5.75 Å². The minimum atomic E-state index is -4.76. The summed E-state index contributed by atoms with van der Waals surface area (Å²) in [6, 6.07) is 14.1. The molecule has 0 radical (unpaired) electrons. The van der Waals surface area contributed by atoms with Crippen LogP contribution in [-0.2, 0) is 9.53 Å². The van der Waals surface area contributed by atoms with Crippen LogP contribution in [0, 0.1) is 11.3 Å². The third kappa shape index (κ3) is 9.87. The van der Waals surface area contributed by atoms with E-state index >= 15 is 0 Å². The zero-order valence-corrected chi connectivity index (χ0v) is 29.2. The van der Waals surface area contributed by atoms with Crippen LogP contribution in [0.15, 0.2) is 48.5 Å². The number of carbonyl (C=O) groups excluding carboxylic acids is 2. The first-order valence-electron chi connectivity index (χ1n) is 16.8. The smallest absolute Gasteiger partial charge is 0.444 e. The van der Waals surface area contributed by atoms with Crippen LogP contribution in [0.25, 0.3) is 0 Å². The summed E-state index contributed by atoms with van der Waals surface area (Å²) < 4.78 is 48.5. The van der Waals surface area contributed by atoms with Crippen molar-refractivity contribution in [1.82, 2.24) is 14.7 Å². The molecule has 2 atom stereocenters. The van der Waals surface area contributed by atoms with E-state index in [1.165, 1.54) is 17.7 Å². The van der Waals surface area contributed by atoms with Gasteiger partial charge >= 0.3 is 12.5 Å². The highest BCUT2D eigenvalue weighted by Crippen LogP contribution is 2.39. The summed E-state index contributed by atoms with van der Waals surface area (Å²) in [7, 11) is 0. The SMILES string of the molecule is CC(C)c1ccccc1C(c1ccc(OC(F)(F)F)cc1)N1CCN(C(=O)CC2CCN(C(=O)OC(C)(C)C)CC2)[C@@H](C(C)(C)C)C1. The first-order valence-corrected chi connectivity index (χ1v) is 16.8. The summed E-state index contributed by atoms with van der Waals surface area (Å²) >= 11 is 0. The molecule has 2 saturated heterocycles. The number of likely N-dealkylation sites (tertiary alicyclic amines) is 1. The molecular weight excluding hydrogens is 607 g/mol. The Hall–Kier alpha value is -3.27. The number of carbonyl (C=O) groups is 2. The van der Waals surface area contributed by atoms with Crippen molar-refractivity contribution in [3.63, 3.8) is 0 Å². The number of nitrogens with zero attached hydrogens (tertiary/aromatic N) is 3. The Kier molecular flexibility index (Phi) is 11.3. The molecule has 2 aromatic rings. The highest BCUT2D eigenvalue weighted by Gasteiger charge is 2.41. The van der Waals surface area contributed by atoms with Crippen LogP contribution in [0.3, 0.4) is 0 Å². The molecule has 0 saturated carbocycles. The predicted octanol–water partition coefficient (Wildman–Crippen LogP) is 8.39. The van der Waals surface area contributed by atoms with Crippen molar-refractivity contribution in [2.45, 2.75) is 105 Å². The number of halogens is 3. The van der Waals surface area contributed by atoms with Crippen LogP contribution in [0.1, 0.15) is 103 Å². The van der Waals surface area contributed by atoms with Crippen molar-refractivity contribution < 1.29 is 32.2 Å². The number of piperazine rings is 1. The molecule has 2 fully saturated rings. The van der Waals surface area contributed by atoms with Gasteiger partial charge in [0.15, 0.2) is 0 Å². The van der Waals surface area contributed by atoms with Gasteiger partial charge in [0.1, 0.15) is 11.4 Å². The van der Waals surface area contributed by atoms with Gasteiger partial charge in [0.2, 0.25) is 5.91 Å². The topological polar surface area (TPSA) is 62.3 Å². The number of alkyl halides is 3. The maximum Gasteiger partial charge on any atom is 0.573 e. The number of ether oxygens (including phenoxy) is 2. The van der Waals surface area contributed by atoms with Crippen LogP contribution < -0.4 is 4.74 Å². The molecule has 0 aromatic heterocycles. The van der Waals surface area contributed by atoms with E-state index in [9.17, 15) is 22.8 Å². The summed E-state index contributed by atoms with van der Waals surface area (Å²) in [6.07, 6.45) is -3.11. The third-order valence-electron chi connectivity index (χ3n) is 9.17. The van der Waals surface area contributed by atoms with Gasteiger partial charge in [0.25, 0.3) is 0 Å². The van der Waals surface area contributed by atoms with E-state index in [4.69, 9.17) is 4.74 Å². The van der Waals surface area contributed by atoms with Gasteiger partial charge in [-0.2, -0.15) is 0 Å². The summed E-state index contributed by atoms with van der Waals surface area (Å²) in [6.45, 7) is 19.3. The molecule has 10 heteroatoms. The molecule has 260 valence electrons. The molecule has 47 heavy (non-hydrogen) atoms. The molecule has 0 aliphatic carbocycles. The lowest BCUT2D eigenvalue weighted by Crippen LogP contribution is -2.60. The standard InChI is InChI=1S/C37H52F3N3O4/c1-25(2)29-11-9-10-12-30(29)33(27-13-15-28(16-14-27)46-37(38,39)40)42-21-22-43(31(24-42)35(3,4)5)32(44)23-26-17-19-41(20-18-26)34(45)47-36(6,7)8/h9-16,25-26,31,33H,17-24H2,1-8H3/t31-,33?/m1/s1. The summed E-state index contributed by atoms with van der Waals surface area (Å²) in [5.74, 6) is 0.317. The molecule has 2 aliphatic rings. The van der Waals surface area contributed by atoms with Crippen LogP contribution in [0.4, 0.5) is 18.0 Å². The van der Waals surface area contributed by atoms with Gasteiger partial charge in [-0.1, -0.05) is 71.0 Å². The highest BCUT2D eigenvalue weighted by molar-refractivity contribution is 5.77. The lowest BCUT2D eigenvalue weighted by molar-refractivity contribution is -0.274. The van der Waals surface area contributed by atoms with Crippen molar-refractivity contribution in [3.05, 3.63) is 65.2 Å². The van der Waals surface area contributed by atoms with Gasteiger partial charge in [0.05, 0.1) is 6.04 Å². The van der Waals surface area contributed by atoms with E-state index in [-0.39, 0.29) is 47.1 Å². The van der Waals surface area contributed by atoms with E-state index in [2.05, 4.69) is 56.4 Å². The molecule has 0 spiro atoms. The number of rotatable bonds is 7. The zero-order chi connectivity index (χ0) is 34.7. The second kappa shape index (κ2) is 14.5. The van der Waals surface area contributed by atoms with Gasteiger partial charge in [-0.25, -0.2) is 4.79 Å². The van der Waals surface area contributed by atoms with Gasteiger partial charge in [-0.3, -0.25) is 9.69 Å². The Morgan fingerprint density at radius 1 is 0.851 bits per heavy atom. The minimum absolute atomic E-state index is 0.0767. The molecule has 0 N–H and O–H groups in total. The number of piperidine rings is 1. The number of amides is 2. The highest BCUT2D eigenvalue weighted by atomic mass is 19.4. The maximum atomic E-state index is 13.9. The predicted molar refractivity (Wildman–Crippen MR) is 177 cm³/mol. The van der Waals surface area contributed by atoms with Gasteiger partial charge in [-0.15, -0.1) is 13.2 Å². The van der Waals surface area contributed by atoms with E-state index in [1.54, 1.807) is 17.0 Å². The fraction of sp³-hybridized carbons (Fsp3) is 0.622. The number of hydrogen-bond donors (Lipinski definition) is 0. The van der Waals surface area contributed by atoms with E-state index in [1.807, 2.05) is 37.8 Å². The van der Waals surface area contributed by atoms with Crippen LogP contribution in [0.5, 0.6) is 5.75 Å². The van der Waals surface area contributed by atoms with Crippen LogP contribution in [0.2, 0.25) is 0 Å². The van der Waals surface area contributed by atoms with E-state index in [0.29, 0.717) is 39.1 Å². The summed E-state index contributed by atoms with van der Waals surface area (Å²) in [5.41, 5.74) is 2.39. The van der Waals surface area contributed by atoms with E-state index in [0.717, 1.165) is 24.0 Å². The normalized spacial score (nSPS) is 19.5. The third-order valence-corrected chi connectivity index (χ3v) is 9.17. The van der Waals surface area contributed by atoms with Gasteiger partial charge in [-0.05, 0) is 79.7 Å². The second-order valence-electron chi connectivity index (χ2n) is 15.4. The molecule has 2 heterocycles. The monoisotopic (exact) mass is 659 g/mol. The van der Waals surface area contributed by atoms with Gasteiger partial charge < -0.3 is 19.3 Å². The molecule has 0 bridgehead atoms. The lowest BCUT2D eigenvalue weighted by Gasteiger charge is -2.50. The molecule has 1 unspecified atom stereocenters. The fourth-order valence-electron chi connectivity index (χ4n) is 6.81. The molecule has 7 nitrogen and oxygen atoms in total. The van der Waals surface area contributed by atoms with Gasteiger partial charge in [0, 0.05) is 45.2 Å². The molecular formula is C37H52F3N3O4. The van der Waals surface area contributed by atoms with Crippen molar-refractivity contribution >= 4 is 12.0 Å². The van der Waals surface area contributed by atoms with Crippen LogP contribution >= 0.6 is 0 Å². The zero-order valence-electron chi connectivity index (χ0n) is 29.2. The Morgan fingerprint density at radius 2 is 1.45 bits per heavy atom. The first-order chi connectivity index (χ1) is 21.8. The fourth-order valence-corrected chi connectivity index (χ4v) is 6.81. The number of hydrogen-bond acceptors (Lipinski definition) is 5. The van der Waals surface area contributed by atoms with Crippen LogP contribution in [-0.4, -0.2) is 77.4 Å². The van der Waals surface area contributed by atoms with Crippen molar-refractivity contribution in [1.29, 1.82) is 0 Å². The molecule has 2 amide bonds. The Labute approximate surface area is 278 Å². The Morgan fingerprint density at radius 3 is 1.98 bits per heavy atom. The summed E-state index contributed by atoms with van der Waals surface area (Å²) in [5, 5.41) is 0. The quantitative estimate of drug-likeness (QED) is 0.299. The second-order valence-corrected chi connectivity index (χ2v) is 15.4. The maximum absolute atomic E-state index is 13.9. The Balaban J connectivity index is 1.54. The largest absolute Gasteiger partial charge is 0.573 e. The van der Waals surface area contributed by atoms with Crippen molar-refractivity contribution in [2.75, 3.05) is 32.7 Å². The summed E-state index contributed by atoms with van der Waals surface area (Å²) in [4.78, 5) is 32.6. The lowest BCUT2D eigenvalue weighted by atomic mass is 9.81. The molecule has 2 aliphatic heterocycles. The number of benzene rings is 2. The average Bonchev–Trinajstić information content (AvgIpc) is 2.96. The molecule has 2 aromatic carbocycles. The first kappa shape index (κ1) is 36.6. The Bertz CT molecular complexity index is 1360.